The predicted octanol–water partition coefficient (Wildman–Crippen LogP) is 2.40. The number of benzene rings is 1. The molecular formula is C11H11BrO. The Morgan fingerprint density at radius 1 is 1.23 bits per heavy atom. The highest BCUT2D eigenvalue weighted by Crippen LogP contribution is 2.56. The zero-order chi connectivity index (χ0) is 9.00. The molecule has 1 N–H and O–H groups in total. The van der Waals surface area contributed by atoms with Crippen LogP contribution in [0.5, 0.6) is 0 Å². The molecule has 0 saturated heterocycles. The van der Waals surface area contributed by atoms with Gasteiger partial charge in [0.05, 0.1) is 6.10 Å². The Balaban J connectivity index is 2.18. The van der Waals surface area contributed by atoms with E-state index < -0.39 is 0 Å². The Morgan fingerprint density at radius 3 is 2.69 bits per heavy atom. The fourth-order valence-electron chi connectivity index (χ4n) is 2.83. The molecule has 13 heavy (non-hydrogen) atoms. The summed E-state index contributed by atoms with van der Waals surface area (Å²) in [5.41, 5.74) is 2.80. The molecule has 0 aromatic heterocycles. The summed E-state index contributed by atoms with van der Waals surface area (Å²) in [6.45, 7) is 0. The van der Waals surface area contributed by atoms with Gasteiger partial charge in [-0.25, -0.2) is 0 Å². The number of aliphatic hydroxyl groups excluding tert-OH is 1. The third-order valence-electron chi connectivity index (χ3n) is 3.39. The minimum absolute atomic E-state index is 0.135. The van der Waals surface area contributed by atoms with Crippen LogP contribution in [-0.4, -0.2) is 16.0 Å². The van der Waals surface area contributed by atoms with Crippen molar-refractivity contribution in [2.75, 3.05) is 0 Å². The minimum Gasteiger partial charge on any atom is -0.392 e. The zero-order valence-electron chi connectivity index (χ0n) is 7.15. The Labute approximate surface area is 85.9 Å². The molecule has 1 saturated carbocycles. The van der Waals surface area contributed by atoms with Crippen molar-refractivity contribution in [1.82, 2.24) is 0 Å². The molecule has 1 aromatic carbocycles. The molecule has 0 aliphatic heterocycles. The van der Waals surface area contributed by atoms with E-state index in [0.717, 1.165) is 6.42 Å². The molecule has 68 valence electrons. The van der Waals surface area contributed by atoms with Crippen molar-refractivity contribution < 1.29 is 5.11 Å². The van der Waals surface area contributed by atoms with Gasteiger partial charge in [-0.3, -0.25) is 0 Å². The van der Waals surface area contributed by atoms with E-state index in [1.54, 1.807) is 0 Å². The van der Waals surface area contributed by atoms with Crippen LogP contribution in [0, 0.1) is 0 Å². The van der Waals surface area contributed by atoms with Gasteiger partial charge >= 0.3 is 0 Å². The van der Waals surface area contributed by atoms with Crippen LogP contribution in [0.3, 0.4) is 0 Å². The first kappa shape index (κ1) is 8.01. The van der Waals surface area contributed by atoms with Crippen LogP contribution in [-0.2, 0) is 0 Å². The second-order valence-electron chi connectivity index (χ2n) is 4.01. The first-order valence-corrected chi connectivity index (χ1v) is 5.61. The lowest BCUT2D eigenvalue weighted by molar-refractivity contribution is 0.159. The molecule has 0 amide bonds. The van der Waals surface area contributed by atoms with Crippen molar-refractivity contribution in [3.63, 3.8) is 0 Å². The number of hydrogen-bond donors (Lipinski definition) is 1. The van der Waals surface area contributed by atoms with Crippen LogP contribution in [0.25, 0.3) is 0 Å². The quantitative estimate of drug-likeness (QED) is 0.689. The van der Waals surface area contributed by atoms with Gasteiger partial charge in [0.15, 0.2) is 0 Å². The van der Waals surface area contributed by atoms with Crippen LogP contribution >= 0.6 is 15.9 Å². The van der Waals surface area contributed by atoms with Crippen molar-refractivity contribution >= 4 is 15.9 Å². The van der Waals surface area contributed by atoms with E-state index in [-0.39, 0.29) is 6.10 Å². The average molecular weight is 239 g/mol. The zero-order valence-corrected chi connectivity index (χ0v) is 8.74. The van der Waals surface area contributed by atoms with E-state index >= 15 is 0 Å². The van der Waals surface area contributed by atoms with E-state index in [4.69, 9.17) is 0 Å². The van der Waals surface area contributed by atoms with Gasteiger partial charge in [0.1, 0.15) is 0 Å². The number of aliphatic hydroxyl groups is 1. The number of halogens is 1. The average Bonchev–Trinajstić information content (AvgIpc) is 2.56. The molecule has 2 heteroatoms. The van der Waals surface area contributed by atoms with Crippen molar-refractivity contribution in [3.05, 3.63) is 35.4 Å². The highest BCUT2D eigenvalue weighted by atomic mass is 79.9. The smallest absolute Gasteiger partial charge is 0.0626 e. The molecule has 4 atom stereocenters. The summed E-state index contributed by atoms with van der Waals surface area (Å²) in [6, 6.07) is 8.49. The number of hydrogen-bond acceptors (Lipinski definition) is 1. The second-order valence-corrected chi connectivity index (χ2v) is 5.07. The SMILES string of the molecule is O[C@H]1C[C@H]2c3ccccc3[C@H]1[C@@H]2Br. The first-order chi connectivity index (χ1) is 6.29. The van der Waals surface area contributed by atoms with Crippen LogP contribution < -0.4 is 0 Å². The highest BCUT2D eigenvalue weighted by Gasteiger charge is 2.49. The first-order valence-electron chi connectivity index (χ1n) is 4.70. The standard InChI is InChI=1S/C11H11BrO/c12-11-8-5-9(13)10(11)7-4-2-1-3-6(7)8/h1-4,8-11,13H,5H2/t8-,9-,10+,11+/m0/s1. The molecule has 2 aliphatic carbocycles. The molecule has 3 rings (SSSR count). The molecule has 0 unspecified atom stereocenters. The van der Waals surface area contributed by atoms with Gasteiger partial charge in [0.2, 0.25) is 0 Å². The van der Waals surface area contributed by atoms with Crippen molar-refractivity contribution in [2.24, 2.45) is 0 Å². The summed E-state index contributed by atoms with van der Waals surface area (Å²) in [6.07, 6.45) is 0.793. The molecule has 0 heterocycles. The Hall–Kier alpha value is -0.340. The van der Waals surface area contributed by atoms with Gasteiger partial charge in [-0.1, -0.05) is 40.2 Å². The normalized spacial score (nSPS) is 40.8. The van der Waals surface area contributed by atoms with Gasteiger partial charge in [0, 0.05) is 10.7 Å². The largest absolute Gasteiger partial charge is 0.392 e. The number of alkyl halides is 1. The summed E-state index contributed by atoms with van der Waals surface area (Å²) >= 11 is 3.69. The molecule has 2 aliphatic rings. The van der Waals surface area contributed by atoms with E-state index in [2.05, 4.69) is 40.2 Å². The van der Waals surface area contributed by atoms with Crippen LogP contribution in [0.1, 0.15) is 29.4 Å². The van der Waals surface area contributed by atoms with Crippen LogP contribution in [0.4, 0.5) is 0 Å². The second kappa shape index (κ2) is 2.58. The number of rotatable bonds is 0. The van der Waals surface area contributed by atoms with Crippen molar-refractivity contribution in [2.45, 2.75) is 29.2 Å². The van der Waals surface area contributed by atoms with E-state index in [1.165, 1.54) is 11.1 Å². The number of fused-ring (bicyclic) bond motifs is 5. The summed E-state index contributed by atoms with van der Waals surface area (Å²) < 4.78 is 0. The van der Waals surface area contributed by atoms with Gasteiger partial charge < -0.3 is 5.11 Å². The Bertz CT molecular complexity index is 350. The fraction of sp³-hybridized carbons (Fsp3) is 0.455. The maximum Gasteiger partial charge on any atom is 0.0626 e. The van der Waals surface area contributed by atoms with Crippen molar-refractivity contribution in [3.8, 4) is 0 Å². The van der Waals surface area contributed by atoms with Gasteiger partial charge in [-0.2, -0.15) is 0 Å². The van der Waals surface area contributed by atoms with E-state index in [1.807, 2.05) is 0 Å². The third kappa shape index (κ3) is 0.906. The van der Waals surface area contributed by atoms with E-state index in [9.17, 15) is 5.11 Å². The van der Waals surface area contributed by atoms with Crippen molar-refractivity contribution in [1.29, 1.82) is 0 Å². The molecule has 0 spiro atoms. The van der Waals surface area contributed by atoms with Gasteiger partial charge in [0.25, 0.3) is 0 Å². The molecule has 2 bridgehead atoms. The summed E-state index contributed by atoms with van der Waals surface area (Å²) in [7, 11) is 0. The van der Waals surface area contributed by atoms with Crippen LogP contribution in [0.15, 0.2) is 24.3 Å². The lowest BCUT2D eigenvalue weighted by Gasteiger charge is -2.19. The highest BCUT2D eigenvalue weighted by molar-refractivity contribution is 9.09. The Morgan fingerprint density at radius 2 is 1.92 bits per heavy atom. The predicted molar refractivity (Wildman–Crippen MR) is 55.3 cm³/mol. The molecule has 1 nitrogen and oxygen atoms in total. The molecule has 0 radical (unpaired) electrons. The van der Waals surface area contributed by atoms with Gasteiger partial charge in [-0.15, -0.1) is 0 Å². The maximum atomic E-state index is 9.81. The third-order valence-corrected chi connectivity index (χ3v) is 4.60. The van der Waals surface area contributed by atoms with Crippen LogP contribution in [0.2, 0.25) is 0 Å². The van der Waals surface area contributed by atoms with E-state index in [0.29, 0.717) is 16.7 Å². The monoisotopic (exact) mass is 238 g/mol. The minimum atomic E-state index is -0.135. The molecule has 1 fully saturated rings. The van der Waals surface area contributed by atoms with Gasteiger partial charge in [-0.05, 0) is 23.5 Å². The summed E-state index contributed by atoms with van der Waals surface area (Å²) in [5.74, 6) is 0.873. The lowest BCUT2D eigenvalue weighted by Crippen LogP contribution is -2.16. The summed E-state index contributed by atoms with van der Waals surface area (Å²) in [4.78, 5) is 0.458. The summed E-state index contributed by atoms with van der Waals surface area (Å²) in [5, 5.41) is 9.81. The Kier molecular flexibility index (Phi) is 1.59. The topological polar surface area (TPSA) is 20.2 Å². The molecule has 1 aromatic rings. The lowest BCUT2D eigenvalue weighted by atomic mass is 9.90. The maximum absolute atomic E-state index is 9.81. The molecular weight excluding hydrogens is 228 g/mol. The fourth-order valence-corrected chi connectivity index (χ4v) is 3.97.